The summed E-state index contributed by atoms with van der Waals surface area (Å²) in [6, 6.07) is 0. The summed E-state index contributed by atoms with van der Waals surface area (Å²) in [5.74, 6) is 2.36. The molecule has 84 valence electrons. The van der Waals surface area contributed by atoms with Crippen LogP contribution in [0.25, 0.3) is 0 Å². The molecule has 0 saturated heterocycles. The lowest BCUT2D eigenvalue weighted by Crippen LogP contribution is -2.11. The monoisotopic (exact) mass is 214 g/mol. The van der Waals surface area contributed by atoms with Crippen LogP contribution >= 0.6 is 11.8 Å². The van der Waals surface area contributed by atoms with Crippen molar-refractivity contribution >= 4 is 11.8 Å². The average molecular weight is 214 g/mol. The van der Waals surface area contributed by atoms with Gasteiger partial charge in [-0.25, -0.2) is 0 Å². The van der Waals surface area contributed by atoms with Crippen LogP contribution in [0.1, 0.15) is 48.0 Å². The second-order valence-electron chi connectivity index (χ2n) is 6.22. The maximum atomic E-state index is 4.14. The quantitative estimate of drug-likeness (QED) is 0.480. The summed E-state index contributed by atoms with van der Waals surface area (Å²) >= 11 is 2.02. The maximum Gasteiger partial charge on any atom is 0.0145 e. The molecule has 0 aromatic carbocycles. The van der Waals surface area contributed by atoms with Gasteiger partial charge in [-0.15, -0.1) is 0 Å². The van der Waals surface area contributed by atoms with Crippen LogP contribution in [0, 0.1) is 10.8 Å². The van der Waals surface area contributed by atoms with Crippen molar-refractivity contribution in [1.82, 2.24) is 0 Å². The number of hydrogen-bond donors (Lipinski definition) is 0. The normalized spacial score (nSPS) is 13.0. The Hall–Kier alpha value is 0.0900. The summed E-state index contributed by atoms with van der Waals surface area (Å²) in [7, 11) is 0. The van der Waals surface area contributed by atoms with Crippen LogP contribution in [-0.4, -0.2) is 11.5 Å². The van der Waals surface area contributed by atoms with Crippen molar-refractivity contribution in [2.75, 3.05) is 11.5 Å². The van der Waals surface area contributed by atoms with Crippen LogP contribution in [0.3, 0.4) is 0 Å². The number of rotatable bonds is 4. The van der Waals surface area contributed by atoms with E-state index in [1.165, 1.54) is 17.7 Å². The summed E-state index contributed by atoms with van der Waals surface area (Å²) in [5, 5.41) is 0. The fourth-order valence-electron chi connectivity index (χ4n) is 0.790. The van der Waals surface area contributed by atoms with Crippen molar-refractivity contribution < 1.29 is 0 Å². The molecule has 0 bridgehead atoms. The van der Waals surface area contributed by atoms with E-state index in [1.807, 2.05) is 11.8 Å². The van der Waals surface area contributed by atoms with E-state index in [-0.39, 0.29) is 5.41 Å². The molecule has 0 aromatic rings. The molecule has 0 N–H and O–H groups in total. The fraction of sp³-hybridized carbons (Fsp3) is 0.846. The zero-order valence-corrected chi connectivity index (χ0v) is 11.6. The van der Waals surface area contributed by atoms with Crippen molar-refractivity contribution in [1.29, 1.82) is 0 Å². The molecular formula is C13H26S. The van der Waals surface area contributed by atoms with Crippen LogP contribution in [0.15, 0.2) is 12.2 Å². The molecular weight excluding hydrogens is 188 g/mol. The van der Waals surface area contributed by atoms with Gasteiger partial charge in [-0.1, -0.05) is 53.7 Å². The molecule has 0 aliphatic heterocycles. The van der Waals surface area contributed by atoms with Gasteiger partial charge in [0.05, 0.1) is 0 Å². The van der Waals surface area contributed by atoms with Gasteiger partial charge >= 0.3 is 0 Å². The van der Waals surface area contributed by atoms with Gasteiger partial charge in [-0.2, -0.15) is 11.8 Å². The smallest absolute Gasteiger partial charge is 0.0145 e. The second-order valence-corrected chi connectivity index (χ2v) is 7.32. The highest BCUT2D eigenvalue weighted by atomic mass is 32.2. The minimum Gasteiger partial charge on any atom is -0.158 e. The topological polar surface area (TPSA) is 0 Å². The zero-order chi connectivity index (χ0) is 11.4. The number of thioether (sulfide) groups is 1. The molecule has 0 fully saturated rings. The molecule has 0 radical (unpaired) electrons. The Morgan fingerprint density at radius 3 is 1.93 bits per heavy atom. The lowest BCUT2D eigenvalue weighted by atomic mass is 9.89. The van der Waals surface area contributed by atoms with Crippen LogP contribution in [0.5, 0.6) is 0 Å². The van der Waals surface area contributed by atoms with Crippen LogP contribution < -0.4 is 0 Å². The van der Waals surface area contributed by atoms with E-state index >= 15 is 0 Å². The predicted molar refractivity (Wildman–Crippen MR) is 70.0 cm³/mol. The van der Waals surface area contributed by atoms with E-state index in [0.29, 0.717) is 5.41 Å². The molecule has 1 heteroatoms. The van der Waals surface area contributed by atoms with E-state index in [9.17, 15) is 0 Å². The third-order valence-electron chi connectivity index (χ3n) is 2.33. The lowest BCUT2D eigenvalue weighted by Gasteiger charge is -2.22. The lowest BCUT2D eigenvalue weighted by molar-refractivity contribution is 0.401. The first kappa shape index (κ1) is 14.1. The molecule has 0 aliphatic rings. The molecule has 0 amide bonds. The highest BCUT2D eigenvalue weighted by Gasteiger charge is 2.15. The summed E-state index contributed by atoms with van der Waals surface area (Å²) in [4.78, 5) is 0. The van der Waals surface area contributed by atoms with Gasteiger partial charge in [0.2, 0.25) is 0 Å². The van der Waals surface area contributed by atoms with Gasteiger partial charge in [0.15, 0.2) is 0 Å². The molecule has 0 saturated carbocycles. The Morgan fingerprint density at radius 2 is 1.57 bits per heavy atom. The third-order valence-corrected chi connectivity index (χ3v) is 3.38. The highest BCUT2D eigenvalue weighted by Crippen LogP contribution is 2.28. The van der Waals surface area contributed by atoms with Gasteiger partial charge in [0.25, 0.3) is 0 Å². The summed E-state index contributed by atoms with van der Waals surface area (Å²) in [6.45, 7) is 17.7. The van der Waals surface area contributed by atoms with Crippen LogP contribution in [0.4, 0.5) is 0 Å². The highest BCUT2D eigenvalue weighted by molar-refractivity contribution is 7.99. The first-order chi connectivity index (χ1) is 6.13. The molecule has 0 spiro atoms. The van der Waals surface area contributed by atoms with Crippen LogP contribution in [-0.2, 0) is 0 Å². The molecule has 0 rings (SSSR count). The molecule has 0 aliphatic carbocycles. The zero-order valence-electron chi connectivity index (χ0n) is 10.7. The van der Waals surface area contributed by atoms with Crippen molar-refractivity contribution in [2.24, 2.45) is 10.8 Å². The fourth-order valence-corrected chi connectivity index (χ4v) is 2.37. The molecule has 0 aromatic heterocycles. The van der Waals surface area contributed by atoms with Crippen molar-refractivity contribution in [3.63, 3.8) is 0 Å². The van der Waals surface area contributed by atoms with Gasteiger partial charge in [0.1, 0.15) is 0 Å². The van der Waals surface area contributed by atoms with Gasteiger partial charge < -0.3 is 0 Å². The Labute approximate surface area is 94.6 Å². The van der Waals surface area contributed by atoms with Crippen molar-refractivity contribution in [2.45, 2.75) is 48.0 Å². The van der Waals surface area contributed by atoms with Crippen molar-refractivity contribution in [3.8, 4) is 0 Å². The van der Waals surface area contributed by atoms with E-state index in [2.05, 4.69) is 48.1 Å². The number of hydrogen-bond acceptors (Lipinski definition) is 1. The minimum absolute atomic E-state index is 0.273. The second kappa shape index (κ2) is 5.25. The summed E-state index contributed by atoms with van der Waals surface area (Å²) in [6.07, 6.45) is 1.29. The first-order valence-corrected chi connectivity index (χ1v) is 6.54. The SMILES string of the molecule is C=C(CSCCC(C)(C)C)C(C)(C)C. The third kappa shape index (κ3) is 7.49. The van der Waals surface area contributed by atoms with E-state index in [0.717, 1.165) is 5.75 Å². The minimum atomic E-state index is 0.273. The Balaban J connectivity index is 3.62. The van der Waals surface area contributed by atoms with Crippen molar-refractivity contribution in [3.05, 3.63) is 12.2 Å². The molecule has 0 nitrogen and oxygen atoms in total. The Morgan fingerprint density at radius 1 is 1.07 bits per heavy atom. The van der Waals surface area contributed by atoms with E-state index in [4.69, 9.17) is 0 Å². The summed E-state index contributed by atoms with van der Waals surface area (Å²) < 4.78 is 0. The molecule has 0 unspecified atom stereocenters. The first-order valence-electron chi connectivity index (χ1n) is 5.39. The molecule has 0 heterocycles. The maximum absolute atomic E-state index is 4.14. The molecule has 0 atom stereocenters. The Bertz CT molecular complexity index is 178. The van der Waals surface area contributed by atoms with Gasteiger partial charge in [-0.05, 0) is 23.0 Å². The predicted octanol–water partition coefficient (Wildman–Crippen LogP) is 4.76. The average Bonchev–Trinajstić information content (AvgIpc) is 1.93. The van der Waals surface area contributed by atoms with Gasteiger partial charge in [0, 0.05) is 5.75 Å². The largest absolute Gasteiger partial charge is 0.158 e. The Kier molecular flexibility index (Phi) is 5.28. The molecule has 14 heavy (non-hydrogen) atoms. The standard InChI is InChI=1S/C13H26S/c1-11(13(5,6)7)10-14-9-8-12(2,3)4/h1,8-10H2,2-7H3. The van der Waals surface area contributed by atoms with E-state index < -0.39 is 0 Å². The van der Waals surface area contributed by atoms with Gasteiger partial charge in [-0.3, -0.25) is 0 Å². The summed E-state index contributed by atoms with van der Waals surface area (Å²) in [5.41, 5.74) is 2.10. The van der Waals surface area contributed by atoms with Crippen LogP contribution in [0.2, 0.25) is 0 Å². The van der Waals surface area contributed by atoms with E-state index in [1.54, 1.807) is 0 Å².